The molecule has 4 heteroatoms. The number of nitrogens with one attached hydrogen (secondary N) is 1. The third kappa shape index (κ3) is 5.65. The summed E-state index contributed by atoms with van der Waals surface area (Å²) in [6.07, 6.45) is 10.4. The lowest BCUT2D eigenvalue weighted by molar-refractivity contribution is 0.351. The molecule has 5 rings (SSSR count). The second-order valence-corrected chi connectivity index (χ2v) is 9.86. The summed E-state index contributed by atoms with van der Waals surface area (Å²) >= 11 is 0. The Balaban J connectivity index is 1.39. The molecule has 4 bridgehead atoms. The molecule has 0 saturated carbocycles. The zero-order valence-electron chi connectivity index (χ0n) is 21.0. The molecule has 1 heterocycles. The van der Waals surface area contributed by atoms with E-state index in [-0.39, 0.29) is 0 Å². The van der Waals surface area contributed by atoms with Crippen molar-refractivity contribution in [2.24, 2.45) is 0 Å². The van der Waals surface area contributed by atoms with Crippen molar-refractivity contribution >= 4 is 0 Å². The molecule has 0 fully saturated rings. The number of benzene rings is 3. The highest BCUT2D eigenvalue weighted by Crippen LogP contribution is 2.38. The maximum atomic E-state index is 6.37. The summed E-state index contributed by atoms with van der Waals surface area (Å²) in [5, 5.41) is 4.07. The molecular weight excluding hydrogens is 434 g/mol. The number of methoxy groups -OCH3 is 2. The summed E-state index contributed by atoms with van der Waals surface area (Å²) in [7, 11) is 3.38. The van der Waals surface area contributed by atoms with Crippen molar-refractivity contribution in [3.8, 4) is 23.0 Å². The summed E-state index contributed by atoms with van der Waals surface area (Å²) in [5.74, 6) is 2.96. The Labute approximate surface area is 209 Å². The molecule has 1 unspecified atom stereocenters. The molecule has 1 aliphatic carbocycles. The van der Waals surface area contributed by atoms with E-state index in [1.165, 1.54) is 60.8 Å². The number of hydrogen-bond donors (Lipinski definition) is 1. The molecule has 4 nitrogen and oxygen atoms in total. The van der Waals surface area contributed by atoms with Gasteiger partial charge in [-0.05, 0) is 97.9 Å². The van der Waals surface area contributed by atoms with E-state index in [4.69, 9.17) is 14.2 Å². The number of rotatable bonds is 4. The zero-order chi connectivity index (χ0) is 24.0. The number of fused-ring (bicyclic) bond motifs is 5. The van der Waals surface area contributed by atoms with E-state index in [0.29, 0.717) is 12.1 Å². The predicted octanol–water partition coefficient (Wildman–Crippen LogP) is 7.19. The summed E-state index contributed by atoms with van der Waals surface area (Å²) in [5.41, 5.74) is 5.57. The average molecular weight is 472 g/mol. The van der Waals surface area contributed by atoms with Crippen molar-refractivity contribution in [3.05, 3.63) is 82.9 Å². The first-order valence-corrected chi connectivity index (χ1v) is 13.1. The maximum absolute atomic E-state index is 6.37. The third-order valence-electron chi connectivity index (χ3n) is 7.53. The SMILES string of the molecule is COc1ccc2cc1Oc1cc(ccc1OC)CCC(N[C@H]1CCCc3ccccc31)CCCC2. The molecule has 1 N–H and O–H groups in total. The lowest BCUT2D eigenvalue weighted by Crippen LogP contribution is -2.35. The molecule has 184 valence electrons. The van der Waals surface area contributed by atoms with Crippen LogP contribution in [0.15, 0.2) is 60.7 Å². The van der Waals surface area contributed by atoms with Gasteiger partial charge >= 0.3 is 0 Å². The minimum atomic E-state index is 0.461. The second kappa shape index (κ2) is 11.2. The molecule has 3 aromatic carbocycles. The van der Waals surface area contributed by atoms with Gasteiger partial charge in [0.1, 0.15) is 0 Å². The van der Waals surface area contributed by atoms with Gasteiger partial charge in [0, 0.05) is 12.1 Å². The molecular formula is C31H37NO3. The maximum Gasteiger partial charge on any atom is 0.169 e. The Kier molecular flexibility index (Phi) is 7.58. The molecule has 35 heavy (non-hydrogen) atoms. The fraction of sp³-hybridized carbons (Fsp3) is 0.419. The summed E-state index contributed by atoms with van der Waals surface area (Å²) in [6, 6.07) is 22.5. The fourth-order valence-corrected chi connectivity index (χ4v) is 5.61. The van der Waals surface area contributed by atoms with Crippen LogP contribution in [0.5, 0.6) is 23.0 Å². The molecule has 0 aromatic heterocycles. The normalized spacial score (nSPS) is 20.2. The van der Waals surface area contributed by atoms with Crippen LogP contribution in [0, 0.1) is 0 Å². The number of ether oxygens (including phenoxy) is 3. The van der Waals surface area contributed by atoms with Gasteiger partial charge in [0.05, 0.1) is 14.2 Å². The Morgan fingerprint density at radius 2 is 1.43 bits per heavy atom. The smallest absolute Gasteiger partial charge is 0.169 e. The minimum Gasteiger partial charge on any atom is -0.493 e. The highest BCUT2D eigenvalue weighted by Gasteiger charge is 2.23. The van der Waals surface area contributed by atoms with Crippen molar-refractivity contribution in [1.29, 1.82) is 0 Å². The predicted molar refractivity (Wildman–Crippen MR) is 141 cm³/mol. The van der Waals surface area contributed by atoms with Crippen molar-refractivity contribution in [1.82, 2.24) is 5.32 Å². The van der Waals surface area contributed by atoms with Gasteiger partial charge in [0.25, 0.3) is 0 Å². The molecule has 2 aliphatic rings. The van der Waals surface area contributed by atoms with E-state index in [2.05, 4.69) is 53.8 Å². The largest absolute Gasteiger partial charge is 0.493 e. The van der Waals surface area contributed by atoms with Crippen molar-refractivity contribution in [3.63, 3.8) is 0 Å². The van der Waals surface area contributed by atoms with E-state index >= 15 is 0 Å². The van der Waals surface area contributed by atoms with Crippen LogP contribution in [-0.2, 0) is 19.3 Å². The van der Waals surface area contributed by atoms with Crippen LogP contribution in [-0.4, -0.2) is 20.3 Å². The summed E-state index contributed by atoms with van der Waals surface area (Å²) in [6.45, 7) is 0. The Morgan fingerprint density at radius 1 is 0.714 bits per heavy atom. The number of hydrogen-bond acceptors (Lipinski definition) is 4. The minimum absolute atomic E-state index is 0.461. The lowest BCUT2D eigenvalue weighted by Gasteiger charge is -2.31. The third-order valence-corrected chi connectivity index (χ3v) is 7.53. The topological polar surface area (TPSA) is 39.7 Å². The van der Waals surface area contributed by atoms with Crippen molar-refractivity contribution in [2.45, 2.75) is 69.9 Å². The standard InChI is InChI=1S/C31H37NO3/c1-33-28-18-15-22-8-3-5-11-25(32-27-13-7-10-24-9-4-6-12-26(24)27)17-14-23-16-19-29(34-2)31(21-23)35-30(28)20-22/h4,6,9,12,15-16,18-21,25,27,32H,3,5,7-8,10-11,13-14,17H2,1-2H3/t25?,27-/m0/s1. The number of aryl methyl sites for hydroxylation is 3. The molecule has 1 aliphatic heterocycles. The van der Waals surface area contributed by atoms with Gasteiger partial charge in [-0.1, -0.05) is 42.8 Å². The Hall–Kier alpha value is -2.98. The van der Waals surface area contributed by atoms with Crippen LogP contribution in [0.4, 0.5) is 0 Å². The lowest BCUT2D eigenvalue weighted by atomic mass is 9.86. The van der Waals surface area contributed by atoms with Gasteiger partial charge in [-0.15, -0.1) is 0 Å². The van der Waals surface area contributed by atoms with Crippen LogP contribution < -0.4 is 19.5 Å². The Morgan fingerprint density at radius 3 is 2.17 bits per heavy atom. The van der Waals surface area contributed by atoms with Crippen LogP contribution in [0.2, 0.25) is 0 Å². The first kappa shape index (κ1) is 23.7. The van der Waals surface area contributed by atoms with Crippen LogP contribution in [0.25, 0.3) is 0 Å². The molecule has 3 aromatic rings. The van der Waals surface area contributed by atoms with Gasteiger partial charge in [-0.25, -0.2) is 0 Å². The van der Waals surface area contributed by atoms with Gasteiger partial charge in [-0.3, -0.25) is 0 Å². The molecule has 0 spiro atoms. The zero-order valence-corrected chi connectivity index (χ0v) is 21.0. The first-order chi connectivity index (χ1) is 17.2. The van der Waals surface area contributed by atoms with Gasteiger partial charge in [-0.2, -0.15) is 0 Å². The van der Waals surface area contributed by atoms with Crippen molar-refractivity contribution < 1.29 is 14.2 Å². The van der Waals surface area contributed by atoms with Crippen LogP contribution >= 0.6 is 0 Å². The van der Waals surface area contributed by atoms with E-state index in [0.717, 1.165) is 42.3 Å². The monoisotopic (exact) mass is 471 g/mol. The highest BCUT2D eigenvalue weighted by molar-refractivity contribution is 5.50. The first-order valence-electron chi connectivity index (χ1n) is 13.1. The molecule has 0 saturated heterocycles. The van der Waals surface area contributed by atoms with Crippen LogP contribution in [0.1, 0.15) is 66.8 Å². The van der Waals surface area contributed by atoms with E-state index in [9.17, 15) is 0 Å². The van der Waals surface area contributed by atoms with Crippen molar-refractivity contribution in [2.75, 3.05) is 14.2 Å². The van der Waals surface area contributed by atoms with Gasteiger partial charge in [0.15, 0.2) is 23.0 Å². The van der Waals surface area contributed by atoms with Gasteiger partial charge < -0.3 is 19.5 Å². The quantitative estimate of drug-likeness (QED) is 0.437. The summed E-state index contributed by atoms with van der Waals surface area (Å²) < 4.78 is 17.6. The van der Waals surface area contributed by atoms with E-state index in [1.807, 2.05) is 12.1 Å². The molecule has 0 radical (unpaired) electrons. The average Bonchev–Trinajstić information content (AvgIpc) is 2.89. The second-order valence-electron chi connectivity index (χ2n) is 9.86. The fourth-order valence-electron chi connectivity index (χ4n) is 5.61. The highest BCUT2D eigenvalue weighted by atomic mass is 16.5. The van der Waals surface area contributed by atoms with Crippen LogP contribution in [0.3, 0.4) is 0 Å². The van der Waals surface area contributed by atoms with Gasteiger partial charge in [0.2, 0.25) is 0 Å². The van der Waals surface area contributed by atoms with E-state index in [1.54, 1.807) is 14.2 Å². The van der Waals surface area contributed by atoms with E-state index < -0.39 is 0 Å². The molecule has 2 atom stereocenters. The Bertz CT molecular complexity index is 1140. The molecule has 0 amide bonds. The summed E-state index contributed by atoms with van der Waals surface area (Å²) in [4.78, 5) is 0.